The monoisotopic (exact) mass is 225 g/mol. The standard InChI is InChI=1S/C13H27N3/c1-13(6-4-7-14-10-13)11-16-8-5-12(9-16)15(2)3/h12,14H,4-11H2,1-3H3. The highest BCUT2D eigenvalue weighted by atomic mass is 15.2. The fourth-order valence-electron chi connectivity index (χ4n) is 3.17. The second-order valence-corrected chi connectivity index (χ2v) is 6.23. The molecule has 0 aromatic carbocycles. The van der Waals surface area contributed by atoms with E-state index in [9.17, 15) is 0 Å². The van der Waals surface area contributed by atoms with Crippen LogP contribution in [0, 0.1) is 5.41 Å². The number of hydrogen-bond acceptors (Lipinski definition) is 3. The van der Waals surface area contributed by atoms with Crippen molar-refractivity contribution in [2.24, 2.45) is 5.41 Å². The molecule has 0 aromatic heterocycles. The summed E-state index contributed by atoms with van der Waals surface area (Å²) in [6.07, 6.45) is 4.08. The number of nitrogens with one attached hydrogen (secondary N) is 1. The molecule has 94 valence electrons. The van der Waals surface area contributed by atoms with Gasteiger partial charge in [0, 0.05) is 25.7 Å². The van der Waals surface area contributed by atoms with E-state index in [1.54, 1.807) is 0 Å². The predicted octanol–water partition coefficient (Wildman–Crippen LogP) is 1.01. The summed E-state index contributed by atoms with van der Waals surface area (Å²) < 4.78 is 0. The zero-order valence-corrected chi connectivity index (χ0v) is 11.1. The van der Waals surface area contributed by atoms with Crippen LogP contribution in [0.2, 0.25) is 0 Å². The van der Waals surface area contributed by atoms with Gasteiger partial charge in [0.1, 0.15) is 0 Å². The van der Waals surface area contributed by atoms with Gasteiger partial charge in [-0.3, -0.25) is 0 Å². The average molecular weight is 225 g/mol. The summed E-state index contributed by atoms with van der Waals surface area (Å²) in [6.45, 7) is 8.71. The van der Waals surface area contributed by atoms with Gasteiger partial charge in [0.15, 0.2) is 0 Å². The molecule has 2 aliphatic heterocycles. The Hall–Kier alpha value is -0.120. The van der Waals surface area contributed by atoms with Crippen molar-refractivity contribution in [3.63, 3.8) is 0 Å². The van der Waals surface area contributed by atoms with E-state index in [1.165, 1.54) is 52.0 Å². The molecule has 3 heteroatoms. The highest BCUT2D eigenvalue weighted by Gasteiger charge is 2.32. The fourth-order valence-corrected chi connectivity index (χ4v) is 3.17. The predicted molar refractivity (Wildman–Crippen MR) is 68.7 cm³/mol. The van der Waals surface area contributed by atoms with E-state index in [1.807, 2.05) is 0 Å². The maximum absolute atomic E-state index is 3.55. The lowest BCUT2D eigenvalue weighted by Crippen LogP contribution is -2.45. The van der Waals surface area contributed by atoms with Crippen LogP contribution in [0.5, 0.6) is 0 Å². The van der Waals surface area contributed by atoms with Gasteiger partial charge in [0.2, 0.25) is 0 Å². The number of piperidine rings is 1. The molecule has 2 saturated heterocycles. The van der Waals surface area contributed by atoms with Gasteiger partial charge in [-0.15, -0.1) is 0 Å². The highest BCUT2D eigenvalue weighted by Crippen LogP contribution is 2.28. The first-order valence-corrected chi connectivity index (χ1v) is 6.69. The lowest BCUT2D eigenvalue weighted by molar-refractivity contribution is 0.145. The van der Waals surface area contributed by atoms with Gasteiger partial charge in [0.25, 0.3) is 0 Å². The third kappa shape index (κ3) is 2.96. The van der Waals surface area contributed by atoms with E-state index < -0.39 is 0 Å². The van der Waals surface area contributed by atoms with Gasteiger partial charge < -0.3 is 15.1 Å². The first-order valence-electron chi connectivity index (χ1n) is 6.69. The van der Waals surface area contributed by atoms with E-state index in [-0.39, 0.29) is 0 Å². The Morgan fingerprint density at radius 1 is 1.44 bits per heavy atom. The fraction of sp³-hybridized carbons (Fsp3) is 1.00. The Labute approximate surface area is 100 Å². The van der Waals surface area contributed by atoms with E-state index in [0.29, 0.717) is 5.41 Å². The second-order valence-electron chi connectivity index (χ2n) is 6.23. The van der Waals surface area contributed by atoms with Crippen LogP contribution in [0.4, 0.5) is 0 Å². The van der Waals surface area contributed by atoms with Crippen LogP contribution in [0.3, 0.4) is 0 Å². The van der Waals surface area contributed by atoms with Gasteiger partial charge in [-0.05, 0) is 51.9 Å². The molecule has 2 heterocycles. The molecule has 0 bridgehead atoms. The minimum atomic E-state index is 0.513. The van der Waals surface area contributed by atoms with E-state index in [2.05, 4.69) is 36.1 Å². The second kappa shape index (κ2) is 5.03. The van der Waals surface area contributed by atoms with Gasteiger partial charge in [-0.25, -0.2) is 0 Å². The zero-order chi connectivity index (χ0) is 11.6. The summed E-state index contributed by atoms with van der Waals surface area (Å²) in [7, 11) is 4.41. The molecule has 2 aliphatic rings. The van der Waals surface area contributed by atoms with Crippen LogP contribution >= 0.6 is 0 Å². The van der Waals surface area contributed by atoms with E-state index in [0.717, 1.165) is 6.04 Å². The third-order valence-electron chi connectivity index (χ3n) is 4.27. The molecule has 0 saturated carbocycles. The summed E-state index contributed by atoms with van der Waals surface area (Å²) in [4.78, 5) is 5.04. The SMILES string of the molecule is CN(C)C1CCN(CC2(C)CCCNC2)C1. The lowest BCUT2D eigenvalue weighted by Gasteiger charge is -2.37. The van der Waals surface area contributed by atoms with Gasteiger partial charge in [-0.2, -0.15) is 0 Å². The molecular formula is C13H27N3. The van der Waals surface area contributed by atoms with Crippen LogP contribution in [0.15, 0.2) is 0 Å². The minimum absolute atomic E-state index is 0.513. The van der Waals surface area contributed by atoms with Crippen molar-refractivity contribution < 1.29 is 0 Å². The molecular weight excluding hydrogens is 198 g/mol. The summed E-state index contributed by atoms with van der Waals surface area (Å²) in [6, 6.07) is 0.778. The quantitative estimate of drug-likeness (QED) is 0.773. The van der Waals surface area contributed by atoms with Crippen molar-refractivity contribution in [2.45, 2.75) is 32.2 Å². The van der Waals surface area contributed by atoms with Crippen LogP contribution in [-0.2, 0) is 0 Å². The number of likely N-dealkylation sites (tertiary alicyclic amines) is 1. The minimum Gasteiger partial charge on any atom is -0.316 e. The summed E-state index contributed by atoms with van der Waals surface area (Å²) >= 11 is 0. The van der Waals surface area contributed by atoms with Crippen LogP contribution in [-0.4, -0.2) is 62.7 Å². The average Bonchev–Trinajstić information content (AvgIpc) is 2.66. The van der Waals surface area contributed by atoms with Gasteiger partial charge in [-0.1, -0.05) is 6.92 Å². The Kier molecular flexibility index (Phi) is 3.88. The van der Waals surface area contributed by atoms with E-state index >= 15 is 0 Å². The largest absolute Gasteiger partial charge is 0.316 e. The van der Waals surface area contributed by atoms with Crippen LogP contribution in [0.25, 0.3) is 0 Å². The number of rotatable bonds is 3. The number of nitrogens with zero attached hydrogens (tertiary/aromatic N) is 2. The van der Waals surface area contributed by atoms with Crippen LogP contribution < -0.4 is 5.32 Å². The summed E-state index contributed by atoms with van der Waals surface area (Å²) in [5.41, 5.74) is 0.513. The smallest absolute Gasteiger partial charge is 0.0229 e. The number of likely N-dealkylation sites (N-methyl/N-ethyl adjacent to an activating group) is 1. The molecule has 3 nitrogen and oxygen atoms in total. The molecule has 2 rings (SSSR count). The molecule has 2 atom stereocenters. The molecule has 0 aromatic rings. The maximum Gasteiger partial charge on any atom is 0.0229 e. The van der Waals surface area contributed by atoms with Gasteiger partial charge >= 0.3 is 0 Å². The molecule has 0 amide bonds. The molecule has 1 N–H and O–H groups in total. The van der Waals surface area contributed by atoms with Crippen molar-refractivity contribution in [1.82, 2.24) is 15.1 Å². The molecule has 16 heavy (non-hydrogen) atoms. The first kappa shape index (κ1) is 12.3. The molecule has 0 radical (unpaired) electrons. The van der Waals surface area contributed by atoms with E-state index in [4.69, 9.17) is 0 Å². The van der Waals surface area contributed by atoms with Crippen molar-refractivity contribution in [3.05, 3.63) is 0 Å². The Bertz CT molecular complexity index is 221. The Morgan fingerprint density at radius 2 is 2.25 bits per heavy atom. The molecule has 2 fully saturated rings. The van der Waals surface area contributed by atoms with Crippen molar-refractivity contribution in [2.75, 3.05) is 46.8 Å². The molecule has 0 aliphatic carbocycles. The van der Waals surface area contributed by atoms with Crippen LogP contribution in [0.1, 0.15) is 26.2 Å². The topological polar surface area (TPSA) is 18.5 Å². The van der Waals surface area contributed by atoms with Crippen molar-refractivity contribution in [3.8, 4) is 0 Å². The van der Waals surface area contributed by atoms with Crippen molar-refractivity contribution >= 4 is 0 Å². The Morgan fingerprint density at radius 3 is 2.81 bits per heavy atom. The molecule has 2 unspecified atom stereocenters. The maximum atomic E-state index is 3.55. The number of hydrogen-bond donors (Lipinski definition) is 1. The lowest BCUT2D eigenvalue weighted by atomic mass is 9.82. The summed E-state index contributed by atoms with van der Waals surface area (Å²) in [5.74, 6) is 0. The zero-order valence-electron chi connectivity index (χ0n) is 11.1. The van der Waals surface area contributed by atoms with Crippen molar-refractivity contribution in [1.29, 1.82) is 0 Å². The Balaban J connectivity index is 1.81. The molecule has 0 spiro atoms. The van der Waals surface area contributed by atoms with Gasteiger partial charge in [0.05, 0.1) is 0 Å². The normalized spacial score (nSPS) is 37.1. The highest BCUT2D eigenvalue weighted by molar-refractivity contribution is 4.88. The first-order chi connectivity index (χ1) is 7.59. The third-order valence-corrected chi connectivity index (χ3v) is 4.27. The summed E-state index contributed by atoms with van der Waals surface area (Å²) in [5, 5.41) is 3.55.